The van der Waals surface area contributed by atoms with E-state index in [1.54, 1.807) is 0 Å². The minimum absolute atomic E-state index is 0.151. The zero-order valence-electron chi connectivity index (χ0n) is 14.4. The Hall–Kier alpha value is -2.66. The molecular formula is C20H23N5. The number of H-pyrrole nitrogens is 1. The summed E-state index contributed by atoms with van der Waals surface area (Å²) < 4.78 is 0. The first-order valence-corrected chi connectivity index (χ1v) is 8.81. The maximum absolute atomic E-state index is 5.62. The number of aliphatic imine (C=N–C) groups is 1. The summed E-state index contributed by atoms with van der Waals surface area (Å²) in [4.78, 5) is 12.7. The summed E-state index contributed by atoms with van der Waals surface area (Å²) in [6, 6.07) is 12.9. The summed E-state index contributed by atoms with van der Waals surface area (Å²) in [6.07, 6.45) is 4.73. The predicted molar refractivity (Wildman–Crippen MR) is 102 cm³/mol. The minimum Gasteiger partial charge on any atom is -0.362 e. The molecule has 0 bridgehead atoms. The first kappa shape index (κ1) is 15.8. The second kappa shape index (κ2) is 6.69. The van der Waals surface area contributed by atoms with Crippen molar-refractivity contribution < 1.29 is 0 Å². The summed E-state index contributed by atoms with van der Waals surface area (Å²) in [5, 5.41) is 4.87. The van der Waals surface area contributed by atoms with Gasteiger partial charge >= 0.3 is 0 Å². The number of fused-ring (bicyclic) bond motifs is 2. The Morgan fingerprint density at radius 1 is 1.24 bits per heavy atom. The first-order chi connectivity index (χ1) is 12.3. The van der Waals surface area contributed by atoms with Crippen molar-refractivity contribution in [2.75, 3.05) is 13.1 Å². The fourth-order valence-electron chi connectivity index (χ4n) is 3.54. The van der Waals surface area contributed by atoms with Crippen LogP contribution in [-0.4, -0.2) is 28.9 Å². The molecule has 0 fully saturated rings. The second-order valence-electron chi connectivity index (χ2n) is 6.54. The molecule has 0 amide bonds. The van der Waals surface area contributed by atoms with Gasteiger partial charge < -0.3 is 16.0 Å². The van der Waals surface area contributed by atoms with Crippen molar-refractivity contribution in [3.05, 3.63) is 65.6 Å². The standard InChI is InChI=1S/C20H23N5/c1-13-18(15-5-6-17-14(12-15)7-11-22-17)25-20(24-10-3-8-21)16-4-2-9-23-19(13)16/h2,4-7,9,11-13,18,22H,3,8,10,21H2,1H3,(H,24,25). The summed E-state index contributed by atoms with van der Waals surface area (Å²) >= 11 is 0. The van der Waals surface area contributed by atoms with E-state index < -0.39 is 0 Å². The number of aromatic nitrogens is 2. The number of pyridine rings is 1. The molecule has 2 atom stereocenters. The summed E-state index contributed by atoms with van der Waals surface area (Å²) in [5.74, 6) is 1.19. The van der Waals surface area contributed by atoms with Gasteiger partial charge in [-0.25, -0.2) is 0 Å². The predicted octanol–water partition coefficient (Wildman–Crippen LogP) is 3.11. The molecule has 128 valence electrons. The van der Waals surface area contributed by atoms with Crippen molar-refractivity contribution in [1.29, 1.82) is 0 Å². The molecule has 5 heteroatoms. The van der Waals surface area contributed by atoms with Gasteiger partial charge in [-0.1, -0.05) is 13.0 Å². The molecular weight excluding hydrogens is 310 g/mol. The Bertz CT molecular complexity index is 911. The number of benzene rings is 1. The molecule has 1 aromatic carbocycles. The van der Waals surface area contributed by atoms with Crippen LogP contribution in [0.1, 0.15) is 42.1 Å². The fraction of sp³-hybridized carbons (Fsp3) is 0.300. The van der Waals surface area contributed by atoms with Crippen LogP contribution in [0.15, 0.2) is 53.8 Å². The molecule has 2 unspecified atom stereocenters. The quantitative estimate of drug-likeness (QED) is 0.642. The number of nitrogens with two attached hydrogens (primary N) is 1. The number of rotatable bonds is 4. The van der Waals surface area contributed by atoms with E-state index in [-0.39, 0.29) is 12.0 Å². The van der Waals surface area contributed by atoms with Crippen molar-refractivity contribution >= 4 is 16.7 Å². The zero-order chi connectivity index (χ0) is 17.2. The lowest BCUT2D eigenvalue weighted by Crippen LogP contribution is -2.39. The van der Waals surface area contributed by atoms with Gasteiger partial charge in [0.1, 0.15) is 5.84 Å². The molecule has 0 saturated heterocycles. The number of amidine groups is 1. The Labute approximate surface area is 147 Å². The molecule has 5 nitrogen and oxygen atoms in total. The van der Waals surface area contributed by atoms with Gasteiger partial charge in [0, 0.05) is 35.9 Å². The van der Waals surface area contributed by atoms with E-state index in [0.717, 1.165) is 35.6 Å². The third-order valence-corrected chi connectivity index (χ3v) is 4.89. The number of aromatic amines is 1. The SMILES string of the molecule is CC1c2ncccc2C(=NCCCN)NC1c1ccc2[nH]ccc2c1. The summed E-state index contributed by atoms with van der Waals surface area (Å²) in [7, 11) is 0. The van der Waals surface area contributed by atoms with E-state index in [1.807, 2.05) is 18.5 Å². The van der Waals surface area contributed by atoms with E-state index in [4.69, 9.17) is 10.7 Å². The monoisotopic (exact) mass is 333 g/mol. The highest BCUT2D eigenvalue weighted by molar-refractivity contribution is 6.01. The molecule has 4 N–H and O–H groups in total. The van der Waals surface area contributed by atoms with Crippen LogP contribution in [0.4, 0.5) is 0 Å². The van der Waals surface area contributed by atoms with Gasteiger partial charge in [0.05, 0.1) is 11.7 Å². The molecule has 3 aromatic rings. The van der Waals surface area contributed by atoms with Crippen LogP contribution >= 0.6 is 0 Å². The van der Waals surface area contributed by atoms with Gasteiger partial charge in [0.15, 0.2) is 0 Å². The largest absolute Gasteiger partial charge is 0.362 e. The Kier molecular flexibility index (Phi) is 4.24. The summed E-state index contributed by atoms with van der Waals surface area (Å²) in [5.41, 5.74) is 10.2. The molecule has 0 spiro atoms. The van der Waals surface area contributed by atoms with Gasteiger partial charge in [0.25, 0.3) is 0 Å². The maximum Gasteiger partial charge on any atom is 0.130 e. The lowest BCUT2D eigenvalue weighted by atomic mass is 9.85. The number of hydrogen-bond acceptors (Lipinski definition) is 3. The lowest BCUT2D eigenvalue weighted by molar-refractivity contribution is 0.517. The van der Waals surface area contributed by atoms with Crippen molar-refractivity contribution in [3.8, 4) is 0 Å². The molecule has 1 aliphatic heterocycles. The van der Waals surface area contributed by atoms with Crippen LogP contribution in [0.2, 0.25) is 0 Å². The highest BCUT2D eigenvalue weighted by Gasteiger charge is 2.31. The fourth-order valence-corrected chi connectivity index (χ4v) is 3.54. The smallest absolute Gasteiger partial charge is 0.130 e. The van der Waals surface area contributed by atoms with Gasteiger partial charge in [-0.3, -0.25) is 9.98 Å². The average molecular weight is 333 g/mol. The Balaban J connectivity index is 1.74. The van der Waals surface area contributed by atoms with E-state index in [2.05, 4.69) is 52.5 Å². The minimum atomic E-state index is 0.151. The van der Waals surface area contributed by atoms with Crippen LogP contribution in [-0.2, 0) is 0 Å². The van der Waals surface area contributed by atoms with Gasteiger partial charge in [-0.2, -0.15) is 0 Å². The molecule has 2 aromatic heterocycles. The van der Waals surface area contributed by atoms with Crippen LogP contribution in [0.25, 0.3) is 10.9 Å². The number of nitrogens with one attached hydrogen (secondary N) is 2. The van der Waals surface area contributed by atoms with E-state index in [9.17, 15) is 0 Å². The second-order valence-corrected chi connectivity index (χ2v) is 6.54. The topological polar surface area (TPSA) is 79.1 Å². The van der Waals surface area contributed by atoms with E-state index in [1.165, 1.54) is 10.9 Å². The molecule has 25 heavy (non-hydrogen) atoms. The van der Waals surface area contributed by atoms with Gasteiger partial charge in [-0.15, -0.1) is 0 Å². The molecule has 0 radical (unpaired) electrons. The van der Waals surface area contributed by atoms with Crippen LogP contribution in [0, 0.1) is 0 Å². The summed E-state index contributed by atoms with van der Waals surface area (Å²) in [6.45, 7) is 3.60. The van der Waals surface area contributed by atoms with Crippen molar-refractivity contribution in [2.45, 2.75) is 25.3 Å². The molecule has 1 aliphatic rings. The molecule has 0 saturated carbocycles. The van der Waals surface area contributed by atoms with Crippen LogP contribution < -0.4 is 11.1 Å². The first-order valence-electron chi connectivity index (χ1n) is 8.81. The average Bonchev–Trinajstić information content (AvgIpc) is 3.11. The highest BCUT2D eigenvalue weighted by atomic mass is 15.0. The van der Waals surface area contributed by atoms with Gasteiger partial charge in [0.2, 0.25) is 0 Å². The highest BCUT2D eigenvalue weighted by Crippen LogP contribution is 2.36. The van der Waals surface area contributed by atoms with Crippen LogP contribution in [0.3, 0.4) is 0 Å². The third kappa shape index (κ3) is 2.91. The number of nitrogens with zero attached hydrogens (tertiary/aromatic N) is 2. The normalized spacial score (nSPS) is 21.3. The van der Waals surface area contributed by atoms with Crippen molar-refractivity contribution in [3.63, 3.8) is 0 Å². The Morgan fingerprint density at radius 3 is 3.04 bits per heavy atom. The van der Waals surface area contributed by atoms with E-state index >= 15 is 0 Å². The lowest BCUT2D eigenvalue weighted by Gasteiger charge is -2.33. The molecule has 3 heterocycles. The zero-order valence-corrected chi connectivity index (χ0v) is 14.4. The van der Waals surface area contributed by atoms with Gasteiger partial charge in [-0.05, 0) is 54.2 Å². The van der Waals surface area contributed by atoms with E-state index in [0.29, 0.717) is 6.54 Å². The maximum atomic E-state index is 5.62. The van der Waals surface area contributed by atoms with Crippen molar-refractivity contribution in [1.82, 2.24) is 15.3 Å². The third-order valence-electron chi connectivity index (χ3n) is 4.89. The van der Waals surface area contributed by atoms with Crippen molar-refractivity contribution in [2.24, 2.45) is 10.7 Å². The molecule has 4 rings (SSSR count). The Morgan fingerprint density at radius 2 is 2.16 bits per heavy atom. The molecule has 0 aliphatic carbocycles. The number of hydrogen-bond donors (Lipinski definition) is 3. The van der Waals surface area contributed by atoms with Crippen LogP contribution in [0.5, 0.6) is 0 Å².